The number of anilines is 1. The van der Waals surface area contributed by atoms with Crippen LogP contribution >= 0.6 is 0 Å². The lowest BCUT2D eigenvalue weighted by Gasteiger charge is -2.07. The highest BCUT2D eigenvalue weighted by atomic mass is 19.1. The second-order valence-electron chi connectivity index (χ2n) is 5.47. The van der Waals surface area contributed by atoms with Crippen LogP contribution in [0.2, 0.25) is 0 Å². The first-order valence-electron chi connectivity index (χ1n) is 6.87. The van der Waals surface area contributed by atoms with Crippen LogP contribution in [0.1, 0.15) is 23.5 Å². The van der Waals surface area contributed by atoms with Crippen LogP contribution in [0.4, 0.5) is 14.5 Å². The Labute approximate surface area is 121 Å². The maximum atomic E-state index is 13.6. The number of nitrogens with one attached hydrogen (secondary N) is 1. The monoisotopic (exact) mass is 287 g/mol. The Morgan fingerprint density at radius 1 is 1.14 bits per heavy atom. The van der Waals surface area contributed by atoms with Crippen LogP contribution in [0, 0.1) is 24.5 Å². The first kappa shape index (κ1) is 13.7. The first-order chi connectivity index (χ1) is 10.0. The van der Waals surface area contributed by atoms with Crippen molar-refractivity contribution in [3.8, 4) is 0 Å². The van der Waals surface area contributed by atoms with Crippen LogP contribution in [-0.2, 0) is 4.79 Å². The number of benzene rings is 2. The first-order valence-corrected chi connectivity index (χ1v) is 6.87. The van der Waals surface area contributed by atoms with Crippen LogP contribution in [0.3, 0.4) is 0 Å². The number of rotatable bonds is 3. The number of carbonyl (C=O) groups is 1. The van der Waals surface area contributed by atoms with Crippen molar-refractivity contribution in [3.05, 3.63) is 65.2 Å². The molecule has 0 aliphatic heterocycles. The molecule has 2 nitrogen and oxygen atoms in total. The molecule has 0 spiro atoms. The topological polar surface area (TPSA) is 29.1 Å². The third-order valence-corrected chi connectivity index (χ3v) is 3.81. The Morgan fingerprint density at radius 2 is 1.86 bits per heavy atom. The number of carbonyl (C=O) groups excluding carboxylic acids is 1. The second-order valence-corrected chi connectivity index (χ2v) is 5.47. The Kier molecular flexibility index (Phi) is 3.45. The average Bonchev–Trinajstić information content (AvgIpc) is 3.24. The van der Waals surface area contributed by atoms with Crippen molar-refractivity contribution in [1.29, 1.82) is 0 Å². The highest BCUT2D eigenvalue weighted by Gasteiger charge is 2.44. The van der Waals surface area contributed by atoms with Gasteiger partial charge in [0, 0.05) is 5.92 Å². The van der Waals surface area contributed by atoms with Crippen LogP contribution in [0.15, 0.2) is 42.5 Å². The fourth-order valence-corrected chi connectivity index (χ4v) is 2.52. The molecule has 1 aliphatic carbocycles. The SMILES string of the molecule is Cc1ccc(F)c(NC(=O)C2CC2c2ccc(F)cc2)c1. The molecular weight excluding hydrogens is 272 g/mol. The van der Waals surface area contributed by atoms with Crippen molar-refractivity contribution in [2.75, 3.05) is 5.32 Å². The molecule has 0 saturated heterocycles. The summed E-state index contributed by atoms with van der Waals surface area (Å²) < 4.78 is 26.5. The molecule has 0 aromatic heterocycles. The van der Waals surface area contributed by atoms with E-state index in [0.717, 1.165) is 11.1 Å². The van der Waals surface area contributed by atoms with Gasteiger partial charge in [-0.25, -0.2) is 8.78 Å². The van der Waals surface area contributed by atoms with Crippen LogP contribution in [0.25, 0.3) is 0 Å². The van der Waals surface area contributed by atoms with E-state index in [1.165, 1.54) is 18.2 Å². The maximum absolute atomic E-state index is 13.6. The van der Waals surface area contributed by atoms with E-state index in [0.29, 0.717) is 6.42 Å². The van der Waals surface area contributed by atoms with Crippen molar-refractivity contribution in [3.63, 3.8) is 0 Å². The molecule has 2 aromatic carbocycles. The number of hydrogen-bond donors (Lipinski definition) is 1. The molecule has 4 heteroatoms. The summed E-state index contributed by atoms with van der Waals surface area (Å²) in [6, 6.07) is 10.8. The lowest BCUT2D eigenvalue weighted by atomic mass is 10.1. The zero-order chi connectivity index (χ0) is 15.0. The fraction of sp³-hybridized carbons (Fsp3) is 0.235. The summed E-state index contributed by atoms with van der Waals surface area (Å²) in [5.41, 5.74) is 2.05. The zero-order valence-electron chi connectivity index (χ0n) is 11.6. The van der Waals surface area contributed by atoms with Crippen molar-refractivity contribution < 1.29 is 13.6 Å². The molecule has 1 aliphatic rings. The van der Waals surface area contributed by atoms with Crippen LogP contribution in [0.5, 0.6) is 0 Å². The molecule has 2 unspecified atom stereocenters. The van der Waals surface area contributed by atoms with E-state index in [2.05, 4.69) is 5.32 Å². The van der Waals surface area contributed by atoms with E-state index in [1.807, 2.05) is 6.92 Å². The number of halogens is 2. The zero-order valence-corrected chi connectivity index (χ0v) is 11.6. The van der Waals surface area contributed by atoms with Gasteiger partial charge in [0.25, 0.3) is 0 Å². The summed E-state index contributed by atoms with van der Waals surface area (Å²) in [5, 5.41) is 2.64. The van der Waals surface area contributed by atoms with Gasteiger partial charge in [-0.2, -0.15) is 0 Å². The van der Waals surface area contributed by atoms with Gasteiger partial charge in [0.2, 0.25) is 5.91 Å². The van der Waals surface area contributed by atoms with Gasteiger partial charge in [-0.15, -0.1) is 0 Å². The Bertz CT molecular complexity index is 682. The highest BCUT2D eigenvalue weighted by molar-refractivity contribution is 5.95. The number of hydrogen-bond acceptors (Lipinski definition) is 1. The highest BCUT2D eigenvalue weighted by Crippen LogP contribution is 2.48. The fourth-order valence-electron chi connectivity index (χ4n) is 2.52. The van der Waals surface area contributed by atoms with E-state index < -0.39 is 5.82 Å². The number of amides is 1. The molecule has 1 fully saturated rings. The standard InChI is InChI=1S/C17H15F2NO/c1-10-2-7-15(19)16(8-10)20-17(21)14-9-13(14)11-3-5-12(18)6-4-11/h2-8,13-14H,9H2,1H3,(H,20,21). The van der Waals surface area contributed by atoms with Gasteiger partial charge in [-0.3, -0.25) is 4.79 Å². The van der Waals surface area contributed by atoms with Gasteiger partial charge in [0.05, 0.1) is 5.69 Å². The van der Waals surface area contributed by atoms with Crippen molar-refractivity contribution in [2.45, 2.75) is 19.3 Å². The largest absolute Gasteiger partial charge is 0.323 e. The molecule has 0 heterocycles. The molecule has 108 valence electrons. The summed E-state index contributed by atoms with van der Waals surface area (Å²) in [5.74, 6) is -0.988. The van der Waals surface area contributed by atoms with Gasteiger partial charge in [0.1, 0.15) is 11.6 Å². The van der Waals surface area contributed by atoms with Gasteiger partial charge in [-0.1, -0.05) is 18.2 Å². The Hall–Kier alpha value is -2.23. The van der Waals surface area contributed by atoms with Crippen LogP contribution < -0.4 is 5.32 Å². The molecule has 1 amide bonds. The molecule has 3 rings (SSSR count). The molecule has 2 aromatic rings. The molecule has 0 bridgehead atoms. The van der Waals surface area contributed by atoms with Gasteiger partial charge >= 0.3 is 0 Å². The normalized spacial score (nSPS) is 20.1. The van der Waals surface area contributed by atoms with Crippen molar-refractivity contribution >= 4 is 11.6 Å². The summed E-state index contributed by atoms with van der Waals surface area (Å²) in [4.78, 5) is 12.1. The Morgan fingerprint density at radius 3 is 2.57 bits per heavy atom. The molecule has 0 radical (unpaired) electrons. The average molecular weight is 287 g/mol. The van der Waals surface area contributed by atoms with E-state index in [1.54, 1.807) is 24.3 Å². The summed E-state index contributed by atoms with van der Waals surface area (Å²) in [6.07, 6.45) is 0.713. The lowest BCUT2D eigenvalue weighted by Crippen LogP contribution is -2.15. The molecular formula is C17H15F2NO. The summed E-state index contributed by atoms with van der Waals surface area (Å²) in [6.45, 7) is 1.84. The Balaban J connectivity index is 1.68. The smallest absolute Gasteiger partial charge is 0.228 e. The van der Waals surface area contributed by atoms with Gasteiger partial charge < -0.3 is 5.32 Å². The van der Waals surface area contributed by atoms with Crippen LogP contribution in [-0.4, -0.2) is 5.91 Å². The van der Waals surface area contributed by atoms with E-state index in [4.69, 9.17) is 0 Å². The van der Waals surface area contributed by atoms with Crippen molar-refractivity contribution in [1.82, 2.24) is 0 Å². The molecule has 1 N–H and O–H groups in total. The molecule has 21 heavy (non-hydrogen) atoms. The maximum Gasteiger partial charge on any atom is 0.228 e. The second kappa shape index (κ2) is 5.28. The van der Waals surface area contributed by atoms with E-state index in [-0.39, 0.29) is 29.2 Å². The predicted octanol–water partition coefficient (Wildman–Crippen LogP) is 4.02. The molecule has 1 saturated carbocycles. The predicted molar refractivity (Wildman–Crippen MR) is 77.0 cm³/mol. The lowest BCUT2D eigenvalue weighted by molar-refractivity contribution is -0.117. The summed E-state index contributed by atoms with van der Waals surface area (Å²) in [7, 11) is 0. The van der Waals surface area contributed by atoms with Gasteiger partial charge in [-0.05, 0) is 54.7 Å². The number of aryl methyl sites for hydroxylation is 1. The van der Waals surface area contributed by atoms with Gasteiger partial charge in [0.15, 0.2) is 0 Å². The van der Waals surface area contributed by atoms with E-state index in [9.17, 15) is 13.6 Å². The minimum atomic E-state index is -0.437. The minimum Gasteiger partial charge on any atom is -0.323 e. The third kappa shape index (κ3) is 2.94. The minimum absolute atomic E-state index is 0.0958. The molecule has 2 atom stereocenters. The summed E-state index contributed by atoms with van der Waals surface area (Å²) >= 11 is 0. The third-order valence-electron chi connectivity index (χ3n) is 3.81. The van der Waals surface area contributed by atoms with Crippen molar-refractivity contribution in [2.24, 2.45) is 5.92 Å². The van der Waals surface area contributed by atoms with E-state index >= 15 is 0 Å². The quantitative estimate of drug-likeness (QED) is 0.907.